The highest BCUT2D eigenvalue weighted by atomic mass is 16.3. The molecule has 2 aromatic heterocycles. The van der Waals surface area contributed by atoms with Crippen molar-refractivity contribution in [1.29, 1.82) is 0 Å². The van der Waals surface area contributed by atoms with Crippen molar-refractivity contribution in [2.45, 2.75) is 32.4 Å². The lowest BCUT2D eigenvalue weighted by Crippen LogP contribution is -2.52. The number of hydrogen-bond acceptors (Lipinski definition) is 7. The molecule has 0 radical (unpaired) electrons. The number of anilines is 1. The number of imide groups is 1. The number of furan rings is 1. The molecule has 0 bridgehead atoms. The van der Waals surface area contributed by atoms with Crippen LogP contribution in [0.2, 0.25) is 0 Å². The molecule has 1 atom stereocenters. The van der Waals surface area contributed by atoms with Crippen molar-refractivity contribution in [3.63, 3.8) is 0 Å². The van der Waals surface area contributed by atoms with Crippen LogP contribution in [0.3, 0.4) is 0 Å². The highest BCUT2D eigenvalue weighted by Gasteiger charge is 2.39. The van der Waals surface area contributed by atoms with Gasteiger partial charge < -0.3 is 14.6 Å². The van der Waals surface area contributed by atoms with Gasteiger partial charge in [-0.3, -0.25) is 24.5 Å². The molecular weight excluding hydrogens is 464 g/mol. The van der Waals surface area contributed by atoms with Gasteiger partial charge in [-0.05, 0) is 54.8 Å². The summed E-state index contributed by atoms with van der Waals surface area (Å²) in [4.78, 5) is 51.0. The zero-order chi connectivity index (χ0) is 25.0. The summed E-state index contributed by atoms with van der Waals surface area (Å²) in [6, 6.07) is 9.99. The van der Waals surface area contributed by atoms with Crippen LogP contribution in [0.25, 0.3) is 16.7 Å². The first-order valence-electron chi connectivity index (χ1n) is 11.4. The predicted octanol–water partition coefficient (Wildman–Crippen LogP) is 2.34. The van der Waals surface area contributed by atoms with E-state index < -0.39 is 17.9 Å². The maximum atomic E-state index is 13.1. The second-order valence-electron chi connectivity index (χ2n) is 8.88. The van der Waals surface area contributed by atoms with Gasteiger partial charge in [0.05, 0.1) is 18.1 Å². The molecule has 11 nitrogen and oxygen atoms in total. The molecule has 180 valence electrons. The number of nitrogens with one attached hydrogen (secondary N) is 2. The van der Waals surface area contributed by atoms with Gasteiger partial charge in [0.15, 0.2) is 5.69 Å². The Morgan fingerprint density at radius 2 is 2.03 bits per heavy atom. The molecule has 0 saturated carbocycles. The van der Waals surface area contributed by atoms with Crippen molar-refractivity contribution >= 4 is 40.3 Å². The molecule has 2 aromatic carbocycles. The third kappa shape index (κ3) is 3.61. The molecule has 2 N–H and O–H groups in total. The number of amides is 4. The van der Waals surface area contributed by atoms with E-state index in [-0.39, 0.29) is 30.5 Å². The lowest BCUT2D eigenvalue weighted by atomic mass is 10.0. The van der Waals surface area contributed by atoms with Gasteiger partial charge in [0.25, 0.3) is 11.8 Å². The monoisotopic (exact) mass is 484 g/mol. The zero-order valence-electron chi connectivity index (χ0n) is 19.1. The Bertz CT molecular complexity index is 1580. The van der Waals surface area contributed by atoms with E-state index >= 15 is 0 Å². The number of aryl methyl sites for hydroxylation is 1. The van der Waals surface area contributed by atoms with Crippen LogP contribution in [0, 0.1) is 6.92 Å². The molecule has 1 unspecified atom stereocenters. The second kappa shape index (κ2) is 8.15. The molecule has 2 aliphatic heterocycles. The summed E-state index contributed by atoms with van der Waals surface area (Å²) in [5, 5.41) is 14.0. The first kappa shape index (κ1) is 21.7. The highest BCUT2D eigenvalue weighted by Crippen LogP contribution is 2.29. The number of carbonyl (C=O) groups is 4. The van der Waals surface area contributed by atoms with Gasteiger partial charge in [0.2, 0.25) is 11.8 Å². The Hall–Kier alpha value is -4.80. The van der Waals surface area contributed by atoms with Gasteiger partial charge in [-0.1, -0.05) is 11.3 Å². The minimum Gasteiger partial charge on any atom is -0.464 e. The fourth-order valence-electron chi connectivity index (χ4n) is 4.71. The Kier molecular flexibility index (Phi) is 4.92. The molecule has 36 heavy (non-hydrogen) atoms. The summed E-state index contributed by atoms with van der Waals surface area (Å²) in [6.07, 6.45) is 3.57. The molecule has 2 aliphatic rings. The molecule has 6 rings (SSSR count). The maximum absolute atomic E-state index is 13.1. The molecule has 1 saturated heterocycles. The van der Waals surface area contributed by atoms with Gasteiger partial charge in [0, 0.05) is 29.6 Å². The standard InChI is InChI=1S/C25H20N6O5/c1-13-8-16(9-14-6-7-36-22(13)14)26-23(33)19-12-31(29-28-19)17-3-2-15-11-30(25(35)18(15)10-17)20-4-5-21(32)27-24(20)34/h2-3,6-10,12,20H,4-5,11H2,1H3,(H,26,33)(H,27,32,34). The number of hydrogen-bond donors (Lipinski definition) is 2. The minimum atomic E-state index is -0.683. The largest absolute Gasteiger partial charge is 0.464 e. The van der Waals surface area contributed by atoms with Crippen LogP contribution in [0.1, 0.15) is 44.8 Å². The number of nitrogens with zero attached hydrogens (tertiary/aromatic N) is 4. The SMILES string of the molecule is Cc1cc(NC(=O)c2cn(-c3ccc4c(c3)C(=O)N(C3CCC(=O)NC3=O)C4)nn2)cc2ccoc12. The van der Waals surface area contributed by atoms with Crippen molar-refractivity contribution in [3.05, 3.63) is 71.2 Å². The fourth-order valence-corrected chi connectivity index (χ4v) is 4.71. The quantitative estimate of drug-likeness (QED) is 0.424. The van der Waals surface area contributed by atoms with Crippen LogP contribution >= 0.6 is 0 Å². The lowest BCUT2D eigenvalue weighted by Gasteiger charge is -2.29. The average Bonchev–Trinajstić information content (AvgIpc) is 3.59. The van der Waals surface area contributed by atoms with E-state index in [2.05, 4.69) is 20.9 Å². The second-order valence-corrected chi connectivity index (χ2v) is 8.88. The Morgan fingerprint density at radius 3 is 2.86 bits per heavy atom. The summed E-state index contributed by atoms with van der Waals surface area (Å²) >= 11 is 0. The Morgan fingerprint density at radius 1 is 1.17 bits per heavy atom. The predicted molar refractivity (Wildman–Crippen MR) is 126 cm³/mol. The highest BCUT2D eigenvalue weighted by molar-refractivity contribution is 6.06. The Labute approximate surface area is 204 Å². The summed E-state index contributed by atoms with van der Waals surface area (Å²) < 4.78 is 6.86. The van der Waals surface area contributed by atoms with Crippen molar-refractivity contribution in [3.8, 4) is 5.69 Å². The van der Waals surface area contributed by atoms with Crippen LogP contribution in [-0.4, -0.2) is 49.6 Å². The molecule has 4 heterocycles. The van der Waals surface area contributed by atoms with Gasteiger partial charge >= 0.3 is 0 Å². The number of piperidine rings is 1. The number of fused-ring (bicyclic) bond motifs is 2. The van der Waals surface area contributed by atoms with E-state index in [9.17, 15) is 19.2 Å². The van der Waals surface area contributed by atoms with Gasteiger partial charge in [-0.2, -0.15) is 0 Å². The first-order chi connectivity index (χ1) is 17.4. The average molecular weight is 484 g/mol. The molecule has 11 heteroatoms. The minimum absolute atomic E-state index is 0.108. The topological polar surface area (TPSA) is 139 Å². The van der Waals surface area contributed by atoms with Crippen molar-refractivity contribution < 1.29 is 23.6 Å². The van der Waals surface area contributed by atoms with Crippen molar-refractivity contribution in [1.82, 2.24) is 25.2 Å². The van der Waals surface area contributed by atoms with E-state index in [1.165, 1.54) is 15.8 Å². The van der Waals surface area contributed by atoms with Crippen molar-refractivity contribution in [2.75, 3.05) is 5.32 Å². The third-order valence-electron chi connectivity index (χ3n) is 6.50. The third-order valence-corrected chi connectivity index (χ3v) is 6.50. The number of benzene rings is 2. The molecule has 0 aliphatic carbocycles. The number of carbonyl (C=O) groups excluding carboxylic acids is 4. The van der Waals surface area contributed by atoms with E-state index in [4.69, 9.17) is 4.42 Å². The van der Waals surface area contributed by atoms with Crippen molar-refractivity contribution in [2.24, 2.45) is 0 Å². The summed E-state index contributed by atoms with van der Waals surface area (Å²) in [6.45, 7) is 2.18. The van der Waals surface area contributed by atoms with E-state index in [0.717, 1.165) is 22.1 Å². The van der Waals surface area contributed by atoms with Gasteiger partial charge in [-0.25, -0.2) is 4.68 Å². The first-order valence-corrected chi connectivity index (χ1v) is 11.4. The van der Waals surface area contributed by atoms with Crippen LogP contribution in [0.5, 0.6) is 0 Å². The fraction of sp³-hybridized carbons (Fsp3) is 0.200. The van der Waals surface area contributed by atoms with E-state index in [1.807, 2.05) is 25.1 Å². The molecule has 0 spiro atoms. The number of rotatable bonds is 4. The Balaban J connectivity index is 1.20. The van der Waals surface area contributed by atoms with Crippen LogP contribution in [0.4, 0.5) is 5.69 Å². The lowest BCUT2D eigenvalue weighted by molar-refractivity contribution is -0.136. The molecule has 4 aromatic rings. The van der Waals surface area contributed by atoms with Gasteiger partial charge in [-0.15, -0.1) is 5.10 Å². The van der Waals surface area contributed by atoms with Crippen LogP contribution < -0.4 is 10.6 Å². The summed E-state index contributed by atoms with van der Waals surface area (Å²) in [7, 11) is 0. The smallest absolute Gasteiger partial charge is 0.277 e. The maximum Gasteiger partial charge on any atom is 0.277 e. The van der Waals surface area contributed by atoms with E-state index in [0.29, 0.717) is 23.4 Å². The zero-order valence-corrected chi connectivity index (χ0v) is 19.1. The normalized spacial score (nSPS) is 17.4. The van der Waals surface area contributed by atoms with Crippen LogP contribution in [0.15, 0.2) is 53.3 Å². The molecule has 4 amide bonds. The molecule has 1 fully saturated rings. The van der Waals surface area contributed by atoms with Gasteiger partial charge in [0.1, 0.15) is 11.6 Å². The number of aromatic nitrogens is 3. The van der Waals surface area contributed by atoms with Crippen LogP contribution in [-0.2, 0) is 16.1 Å². The van der Waals surface area contributed by atoms with E-state index in [1.54, 1.807) is 24.5 Å². The summed E-state index contributed by atoms with van der Waals surface area (Å²) in [5.74, 6) is -1.50. The summed E-state index contributed by atoms with van der Waals surface area (Å²) in [5.41, 5.74) is 4.15. The molecular formula is C25H20N6O5.